The lowest BCUT2D eigenvalue weighted by Gasteiger charge is -2.14. The topological polar surface area (TPSA) is 65.2 Å². The van der Waals surface area contributed by atoms with Gasteiger partial charge in [0, 0.05) is 24.0 Å². The molecule has 1 aromatic carbocycles. The lowest BCUT2D eigenvalue weighted by atomic mass is 10.1. The Morgan fingerprint density at radius 3 is 2.59 bits per heavy atom. The maximum atomic E-state index is 11.8. The van der Waals surface area contributed by atoms with Crippen molar-refractivity contribution in [3.8, 4) is 11.3 Å². The number of benzene rings is 1. The van der Waals surface area contributed by atoms with Crippen LogP contribution in [0.25, 0.3) is 11.3 Å². The average molecular weight is 317 g/mol. The molecule has 1 fully saturated rings. The van der Waals surface area contributed by atoms with Gasteiger partial charge in [-0.15, -0.1) is 0 Å². The van der Waals surface area contributed by atoms with Crippen molar-refractivity contribution >= 4 is 22.9 Å². The maximum Gasteiger partial charge on any atom is 0.305 e. The summed E-state index contributed by atoms with van der Waals surface area (Å²) in [6.45, 7) is 4.52. The van der Waals surface area contributed by atoms with Gasteiger partial charge in [-0.3, -0.25) is 14.5 Å². The van der Waals surface area contributed by atoms with Crippen LogP contribution in [-0.2, 0) is 11.3 Å². The largest absolute Gasteiger partial charge is 0.326 e. The van der Waals surface area contributed by atoms with Crippen LogP contribution < -0.4 is 10.2 Å². The Balaban J connectivity index is 1.84. The molecule has 0 saturated carbocycles. The molecule has 1 aromatic heterocycles. The van der Waals surface area contributed by atoms with E-state index in [1.165, 1.54) is 31.1 Å². The molecule has 1 saturated heterocycles. The second-order valence-electron chi connectivity index (χ2n) is 5.55. The summed E-state index contributed by atoms with van der Waals surface area (Å²) in [4.78, 5) is 29.2. The van der Waals surface area contributed by atoms with Crippen molar-refractivity contribution in [2.75, 3.05) is 18.4 Å². The van der Waals surface area contributed by atoms with Crippen LogP contribution in [0.3, 0.4) is 0 Å². The molecule has 3 rings (SSSR count). The summed E-state index contributed by atoms with van der Waals surface area (Å²) >= 11 is 1.29. The first-order valence-electron chi connectivity index (χ1n) is 7.44. The highest BCUT2D eigenvalue weighted by Gasteiger charge is 2.17. The fourth-order valence-corrected chi connectivity index (χ4v) is 3.67. The number of aromatic amines is 1. The van der Waals surface area contributed by atoms with Crippen LogP contribution in [0.2, 0.25) is 0 Å². The highest BCUT2D eigenvalue weighted by atomic mass is 32.1. The van der Waals surface area contributed by atoms with Crippen molar-refractivity contribution in [3.63, 3.8) is 0 Å². The number of H-pyrrole nitrogens is 1. The quantitative estimate of drug-likeness (QED) is 0.911. The van der Waals surface area contributed by atoms with E-state index < -0.39 is 0 Å². The first-order valence-corrected chi connectivity index (χ1v) is 8.26. The van der Waals surface area contributed by atoms with E-state index in [4.69, 9.17) is 0 Å². The average Bonchev–Trinajstić information content (AvgIpc) is 3.09. The number of anilines is 1. The van der Waals surface area contributed by atoms with Crippen LogP contribution in [0.4, 0.5) is 5.69 Å². The SMILES string of the molecule is CC(=O)Nc1ccc(-c2[nH]c(=O)sc2CN2CCCC2)cc1. The Kier molecular flexibility index (Phi) is 4.40. The van der Waals surface area contributed by atoms with Gasteiger partial charge < -0.3 is 10.3 Å². The predicted octanol–water partition coefficient (Wildman–Crippen LogP) is 2.66. The van der Waals surface area contributed by atoms with Gasteiger partial charge in [-0.2, -0.15) is 0 Å². The second-order valence-corrected chi connectivity index (χ2v) is 6.62. The highest BCUT2D eigenvalue weighted by molar-refractivity contribution is 7.09. The molecule has 0 bridgehead atoms. The number of nitrogens with zero attached hydrogens (tertiary/aromatic N) is 1. The minimum Gasteiger partial charge on any atom is -0.326 e. The Hall–Kier alpha value is -1.92. The highest BCUT2D eigenvalue weighted by Crippen LogP contribution is 2.26. The van der Waals surface area contributed by atoms with Crippen molar-refractivity contribution < 1.29 is 4.79 Å². The fraction of sp³-hybridized carbons (Fsp3) is 0.375. The number of amides is 1. The van der Waals surface area contributed by atoms with Gasteiger partial charge in [-0.05, 0) is 43.6 Å². The molecule has 0 aliphatic carbocycles. The molecule has 6 heteroatoms. The van der Waals surface area contributed by atoms with Crippen LogP contribution in [0.1, 0.15) is 24.6 Å². The van der Waals surface area contributed by atoms with Gasteiger partial charge in [0.05, 0.1) is 5.69 Å². The van der Waals surface area contributed by atoms with Crippen LogP contribution in [0.15, 0.2) is 29.1 Å². The number of aromatic nitrogens is 1. The summed E-state index contributed by atoms with van der Waals surface area (Å²) in [6, 6.07) is 7.56. The molecule has 0 unspecified atom stereocenters. The molecule has 5 nitrogen and oxygen atoms in total. The van der Waals surface area contributed by atoms with Crippen LogP contribution in [0.5, 0.6) is 0 Å². The lowest BCUT2D eigenvalue weighted by molar-refractivity contribution is -0.114. The van der Waals surface area contributed by atoms with Gasteiger partial charge in [0.15, 0.2) is 0 Å². The first kappa shape index (κ1) is 15.0. The standard InChI is InChI=1S/C16H19N3O2S/c1-11(20)17-13-6-4-12(5-7-13)15-14(22-16(21)18-15)10-19-8-2-3-9-19/h4-7H,2-3,8-10H2,1H3,(H,17,20)(H,18,21). The summed E-state index contributed by atoms with van der Waals surface area (Å²) in [5.41, 5.74) is 2.63. The van der Waals surface area contributed by atoms with Crippen molar-refractivity contribution in [3.05, 3.63) is 38.8 Å². The number of thiazole rings is 1. The van der Waals surface area contributed by atoms with Crippen molar-refractivity contribution in [1.82, 2.24) is 9.88 Å². The zero-order valence-corrected chi connectivity index (χ0v) is 13.3. The van der Waals surface area contributed by atoms with Gasteiger partial charge in [0.25, 0.3) is 0 Å². The molecule has 0 spiro atoms. The monoisotopic (exact) mass is 317 g/mol. The van der Waals surface area contributed by atoms with E-state index in [1.54, 1.807) is 0 Å². The van der Waals surface area contributed by atoms with Crippen molar-refractivity contribution in [2.24, 2.45) is 0 Å². The van der Waals surface area contributed by atoms with E-state index >= 15 is 0 Å². The number of likely N-dealkylation sites (tertiary alicyclic amines) is 1. The molecule has 1 amide bonds. The molecule has 1 aliphatic heterocycles. The number of nitrogens with one attached hydrogen (secondary N) is 2. The second kappa shape index (κ2) is 6.46. The third kappa shape index (κ3) is 3.45. The molecule has 2 aromatic rings. The molecule has 2 heterocycles. The summed E-state index contributed by atoms with van der Waals surface area (Å²) in [7, 11) is 0. The zero-order chi connectivity index (χ0) is 15.5. The van der Waals surface area contributed by atoms with Gasteiger partial charge in [0.2, 0.25) is 5.91 Å². The van der Waals surface area contributed by atoms with Crippen molar-refractivity contribution in [1.29, 1.82) is 0 Å². The molecular weight excluding hydrogens is 298 g/mol. The predicted molar refractivity (Wildman–Crippen MR) is 89.2 cm³/mol. The number of rotatable bonds is 4. The minimum atomic E-state index is -0.0913. The summed E-state index contributed by atoms with van der Waals surface area (Å²) in [5, 5.41) is 2.75. The van der Waals surface area contributed by atoms with E-state index in [2.05, 4.69) is 15.2 Å². The third-order valence-corrected chi connectivity index (χ3v) is 4.65. The van der Waals surface area contributed by atoms with Crippen LogP contribution >= 0.6 is 11.3 Å². The number of carbonyl (C=O) groups is 1. The van der Waals surface area contributed by atoms with Crippen molar-refractivity contribution in [2.45, 2.75) is 26.3 Å². The molecule has 0 atom stereocenters. The smallest absolute Gasteiger partial charge is 0.305 e. The molecule has 2 N–H and O–H groups in total. The van der Waals surface area contributed by atoms with E-state index in [-0.39, 0.29) is 10.8 Å². The summed E-state index contributed by atoms with van der Waals surface area (Å²) in [6.07, 6.45) is 2.47. The Bertz CT molecular complexity index is 712. The van der Waals surface area contributed by atoms with E-state index in [0.717, 1.165) is 41.5 Å². The normalized spacial score (nSPS) is 15.1. The Morgan fingerprint density at radius 2 is 1.95 bits per heavy atom. The number of hydrogen-bond acceptors (Lipinski definition) is 4. The van der Waals surface area contributed by atoms with E-state index in [9.17, 15) is 9.59 Å². The van der Waals surface area contributed by atoms with Gasteiger partial charge in [0.1, 0.15) is 0 Å². The van der Waals surface area contributed by atoms with Gasteiger partial charge in [-0.25, -0.2) is 0 Å². The summed E-state index contributed by atoms with van der Waals surface area (Å²) in [5.74, 6) is -0.0913. The van der Waals surface area contributed by atoms with Crippen LogP contribution in [-0.4, -0.2) is 28.9 Å². The molecule has 22 heavy (non-hydrogen) atoms. The Morgan fingerprint density at radius 1 is 1.27 bits per heavy atom. The van der Waals surface area contributed by atoms with E-state index in [0.29, 0.717) is 0 Å². The number of hydrogen-bond donors (Lipinski definition) is 2. The maximum absolute atomic E-state index is 11.8. The van der Waals surface area contributed by atoms with E-state index in [1.807, 2.05) is 24.3 Å². The van der Waals surface area contributed by atoms with Crippen LogP contribution in [0, 0.1) is 0 Å². The Labute approximate surface area is 133 Å². The summed E-state index contributed by atoms with van der Waals surface area (Å²) < 4.78 is 0. The molecular formula is C16H19N3O2S. The number of carbonyl (C=O) groups excluding carboxylic acids is 1. The van der Waals surface area contributed by atoms with Gasteiger partial charge in [-0.1, -0.05) is 23.5 Å². The zero-order valence-electron chi connectivity index (χ0n) is 12.5. The molecule has 1 aliphatic rings. The molecule has 0 radical (unpaired) electrons. The third-order valence-electron chi connectivity index (χ3n) is 3.78. The lowest BCUT2D eigenvalue weighted by Crippen LogP contribution is -2.18. The first-order chi connectivity index (χ1) is 10.6. The van der Waals surface area contributed by atoms with Gasteiger partial charge >= 0.3 is 4.87 Å². The fourth-order valence-electron chi connectivity index (χ4n) is 2.77. The minimum absolute atomic E-state index is 0.0184. The molecule has 116 valence electrons.